The van der Waals surface area contributed by atoms with E-state index in [-0.39, 0.29) is 5.13 Å². The summed E-state index contributed by atoms with van der Waals surface area (Å²) < 4.78 is 29.4. The van der Waals surface area contributed by atoms with E-state index in [1.165, 1.54) is 0 Å². The number of amides is 1. The van der Waals surface area contributed by atoms with Crippen molar-refractivity contribution in [1.82, 2.24) is 4.98 Å². The van der Waals surface area contributed by atoms with Crippen LogP contribution in [0.4, 0.5) is 9.52 Å². The highest BCUT2D eigenvalue weighted by molar-refractivity contribution is 7.14. The summed E-state index contributed by atoms with van der Waals surface area (Å²) >= 11 is 0.767. The Bertz CT molecular complexity index is 1050. The third-order valence-corrected chi connectivity index (χ3v) is 4.95. The summed E-state index contributed by atoms with van der Waals surface area (Å²) in [7, 11) is 3.25. The van der Waals surface area contributed by atoms with Crippen LogP contribution in [0.2, 0.25) is 0 Å². The molecule has 0 fully saturated rings. The molecule has 0 unspecified atom stereocenters. The molecule has 0 radical (unpaired) electrons. The lowest BCUT2D eigenvalue weighted by molar-refractivity contribution is 0.102. The Morgan fingerprint density at radius 2 is 2.00 bits per heavy atom. The van der Waals surface area contributed by atoms with Crippen molar-refractivity contribution < 1.29 is 23.4 Å². The van der Waals surface area contributed by atoms with E-state index in [1.54, 1.807) is 26.4 Å². The molecule has 31 heavy (non-hydrogen) atoms. The van der Waals surface area contributed by atoms with Gasteiger partial charge in [-0.1, -0.05) is 41.7 Å². The molecule has 162 valence electrons. The summed E-state index contributed by atoms with van der Waals surface area (Å²) in [5, 5.41) is 2.34. The van der Waals surface area contributed by atoms with Crippen LogP contribution in [0.1, 0.15) is 27.9 Å². The Morgan fingerprint density at radius 3 is 2.74 bits per heavy atom. The lowest BCUT2D eigenvalue weighted by Crippen LogP contribution is -2.12. The molecular weight excluding hydrogens is 419 g/mol. The maximum atomic E-state index is 13.2. The second-order valence-electron chi connectivity index (χ2n) is 6.48. The molecule has 0 aliphatic rings. The number of methoxy groups -OCH3 is 2. The van der Waals surface area contributed by atoms with Crippen LogP contribution in [0.15, 0.2) is 48.7 Å². The molecule has 1 aromatic heterocycles. The van der Waals surface area contributed by atoms with E-state index in [4.69, 9.17) is 14.2 Å². The third-order valence-electron chi connectivity index (χ3n) is 4.24. The van der Waals surface area contributed by atoms with Crippen molar-refractivity contribution in [3.8, 4) is 11.5 Å². The minimum absolute atomic E-state index is 0.194. The minimum Gasteiger partial charge on any atom is -0.496 e. The molecule has 3 aromatic rings. The quantitative estimate of drug-likeness (QED) is 0.348. The second kappa shape index (κ2) is 11.2. The lowest BCUT2D eigenvalue weighted by atomic mass is 10.1. The van der Waals surface area contributed by atoms with Crippen LogP contribution in [0.3, 0.4) is 0 Å². The first-order chi connectivity index (χ1) is 15.1. The number of halogens is 1. The smallest absolute Gasteiger partial charge is 0.257 e. The number of benzene rings is 2. The first kappa shape index (κ1) is 22.5. The highest BCUT2D eigenvalue weighted by atomic mass is 32.1. The Kier molecular flexibility index (Phi) is 8.14. The molecule has 3 rings (SSSR count). The van der Waals surface area contributed by atoms with Gasteiger partial charge in [-0.05, 0) is 29.8 Å². The van der Waals surface area contributed by atoms with Crippen molar-refractivity contribution >= 4 is 34.5 Å². The van der Waals surface area contributed by atoms with E-state index in [0.717, 1.165) is 40.8 Å². The molecule has 0 saturated heterocycles. The summed E-state index contributed by atoms with van der Waals surface area (Å²) in [6.07, 6.45) is 5.56. The second-order valence-corrected chi connectivity index (χ2v) is 7.47. The van der Waals surface area contributed by atoms with Crippen molar-refractivity contribution in [3.05, 3.63) is 70.5 Å². The maximum Gasteiger partial charge on any atom is 0.257 e. The molecule has 0 aliphatic carbocycles. The minimum atomic E-state index is -0.467. The van der Waals surface area contributed by atoms with Crippen molar-refractivity contribution in [2.24, 2.45) is 0 Å². The number of hydrogen-bond acceptors (Lipinski definition) is 6. The fourth-order valence-corrected chi connectivity index (χ4v) is 3.34. The molecule has 0 bridgehead atoms. The molecule has 0 aliphatic heterocycles. The van der Waals surface area contributed by atoms with E-state index < -0.39 is 11.0 Å². The molecule has 1 heterocycles. The topological polar surface area (TPSA) is 69.7 Å². The number of carbonyl (C=O) groups is 1. The summed E-state index contributed by atoms with van der Waals surface area (Å²) in [6.45, 7) is 1.03. The van der Waals surface area contributed by atoms with Crippen molar-refractivity contribution in [1.29, 1.82) is 0 Å². The number of ether oxygens (including phenoxy) is 3. The van der Waals surface area contributed by atoms with Crippen LogP contribution in [-0.2, 0) is 4.74 Å². The zero-order chi connectivity index (χ0) is 22.1. The summed E-state index contributed by atoms with van der Waals surface area (Å²) in [5.74, 6) is 0.895. The molecule has 6 nitrogen and oxygen atoms in total. The fourth-order valence-electron chi connectivity index (χ4n) is 2.80. The first-order valence-electron chi connectivity index (χ1n) is 9.59. The first-order valence-corrected chi connectivity index (χ1v) is 10.4. The summed E-state index contributed by atoms with van der Waals surface area (Å²) in [4.78, 5) is 16.5. The lowest BCUT2D eigenvalue weighted by Gasteiger charge is -2.10. The van der Waals surface area contributed by atoms with Gasteiger partial charge in [-0.15, -0.1) is 0 Å². The number of hydrogen-bond donors (Lipinski definition) is 1. The van der Waals surface area contributed by atoms with Gasteiger partial charge in [-0.2, -0.15) is 4.39 Å². The number of para-hydroxylation sites is 1. The van der Waals surface area contributed by atoms with Crippen LogP contribution < -0.4 is 14.8 Å². The highest BCUT2D eigenvalue weighted by Gasteiger charge is 2.12. The number of rotatable bonds is 10. The molecule has 0 atom stereocenters. The van der Waals surface area contributed by atoms with E-state index in [9.17, 15) is 9.18 Å². The standard InChI is InChI=1S/C23H23FN2O4S/c1-28-10-5-11-30-19-13-16(8-9-17-6-3-4-7-20(17)29-2)12-18(14-19)22(27)26-23-25-15-21(24)31-23/h3-4,6-9,12-15H,5,10-11H2,1-2H3,(H,25,26,27)/b9-8+. The van der Waals surface area contributed by atoms with Crippen molar-refractivity contribution in [3.63, 3.8) is 0 Å². The van der Waals surface area contributed by atoms with Gasteiger partial charge in [-0.3, -0.25) is 10.1 Å². The number of aromatic nitrogens is 1. The Balaban J connectivity index is 1.85. The molecule has 8 heteroatoms. The van der Waals surface area contributed by atoms with Crippen LogP contribution in [-0.4, -0.2) is 38.3 Å². The zero-order valence-electron chi connectivity index (χ0n) is 17.3. The highest BCUT2D eigenvalue weighted by Crippen LogP contribution is 2.24. The Labute approximate surface area is 184 Å². The van der Waals surface area contributed by atoms with E-state index in [2.05, 4.69) is 10.3 Å². The Morgan fingerprint density at radius 1 is 1.16 bits per heavy atom. The summed E-state index contributed by atoms with van der Waals surface area (Å²) in [6, 6.07) is 12.8. The van der Waals surface area contributed by atoms with Crippen molar-refractivity contribution in [2.45, 2.75) is 6.42 Å². The van der Waals surface area contributed by atoms with Gasteiger partial charge in [0.2, 0.25) is 0 Å². The zero-order valence-corrected chi connectivity index (χ0v) is 18.1. The predicted molar refractivity (Wildman–Crippen MR) is 120 cm³/mol. The van der Waals surface area contributed by atoms with E-state index in [1.807, 2.05) is 42.5 Å². The number of nitrogens with one attached hydrogen (secondary N) is 1. The predicted octanol–water partition coefficient (Wildman–Crippen LogP) is 5.13. The van der Waals surface area contributed by atoms with E-state index >= 15 is 0 Å². The molecule has 2 aromatic carbocycles. The number of thiazole rings is 1. The number of nitrogens with zero attached hydrogens (tertiary/aromatic N) is 1. The van der Waals surface area contributed by atoms with Gasteiger partial charge in [0, 0.05) is 31.3 Å². The van der Waals surface area contributed by atoms with Crippen molar-refractivity contribution in [2.75, 3.05) is 32.8 Å². The molecule has 0 saturated carbocycles. The molecule has 0 spiro atoms. The summed E-state index contributed by atoms with van der Waals surface area (Å²) in [5.41, 5.74) is 2.05. The molecular formula is C23H23FN2O4S. The van der Waals surface area contributed by atoms with Crippen LogP contribution in [0.5, 0.6) is 11.5 Å². The SMILES string of the molecule is COCCCOc1cc(/C=C/c2ccccc2OC)cc(C(=O)Nc2ncc(F)s2)c1. The van der Waals surface area contributed by atoms with Gasteiger partial charge in [0.25, 0.3) is 5.91 Å². The third kappa shape index (κ3) is 6.63. The monoisotopic (exact) mass is 442 g/mol. The molecule has 1 N–H and O–H groups in total. The largest absolute Gasteiger partial charge is 0.496 e. The average Bonchev–Trinajstić information content (AvgIpc) is 3.19. The van der Waals surface area contributed by atoms with Gasteiger partial charge in [0.05, 0.1) is 19.9 Å². The van der Waals surface area contributed by atoms with Crippen LogP contribution in [0, 0.1) is 5.13 Å². The molecule has 1 amide bonds. The van der Waals surface area contributed by atoms with Gasteiger partial charge in [0.1, 0.15) is 11.5 Å². The van der Waals surface area contributed by atoms with Crippen LogP contribution in [0.25, 0.3) is 12.2 Å². The van der Waals surface area contributed by atoms with Crippen LogP contribution >= 0.6 is 11.3 Å². The Hall–Kier alpha value is -3.23. The van der Waals surface area contributed by atoms with E-state index in [0.29, 0.717) is 24.5 Å². The van der Waals surface area contributed by atoms with Gasteiger partial charge in [-0.25, -0.2) is 4.98 Å². The maximum absolute atomic E-state index is 13.2. The normalized spacial score (nSPS) is 10.9. The van der Waals surface area contributed by atoms with Gasteiger partial charge < -0.3 is 14.2 Å². The van der Waals surface area contributed by atoms with Gasteiger partial charge >= 0.3 is 0 Å². The average molecular weight is 443 g/mol. The number of carbonyl (C=O) groups excluding carboxylic acids is 1. The van der Waals surface area contributed by atoms with Gasteiger partial charge in [0.15, 0.2) is 10.3 Å². The fraction of sp³-hybridized carbons (Fsp3) is 0.217. The number of anilines is 1.